The number of rotatable bonds is 2. The standard InChI is InChI=1S/C8H17NO/c1-7(10-6)9(5)8(2,3)4/h1H2,2-6H3. The number of hydrogen-bond donors (Lipinski definition) is 0. The van der Waals surface area contributed by atoms with Crippen LogP contribution in [-0.2, 0) is 4.74 Å². The molecule has 0 aromatic heterocycles. The topological polar surface area (TPSA) is 12.5 Å². The van der Waals surface area contributed by atoms with Crippen LogP contribution in [0.1, 0.15) is 20.8 Å². The maximum Gasteiger partial charge on any atom is 0.181 e. The van der Waals surface area contributed by atoms with E-state index in [-0.39, 0.29) is 5.54 Å². The van der Waals surface area contributed by atoms with Gasteiger partial charge in [0.05, 0.1) is 7.11 Å². The molecule has 0 aliphatic carbocycles. The predicted octanol–water partition coefficient (Wildman–Crippen LogP) is 1.83. The van der Waals surface area contributed by atoms with E-state index < -0.39 is 0 Å². The Morgan fingerprint density at radius 1 is 1.40 bits per heavy atom. The maximum absolute atomic E-state index is 4.97. The van der Waals surface area contributed by atoms with E-state index in [1.807, 2.05) is 11.9 Å². The van der Waals surface area contributed by atoms with Crippen molar-refractivity contribution in [3.05, 3.63) is 12.5 Å². The van der Waals surface area contributed by atoms with E-state index in [9.17, 15) is 0 Å². The van der Waals surface area contributed by atoms with Gasteiger partial charge >= 0.3 is 0 Å². The average Bonchev–Trinajstić information content (AvgIpc) is 1.83. The van der Waals surface area contributed by atoms with Crippen molar-refractivity contribution in [2.75, 3.05) is 14.2 Å². The Labute approximate surface area is 63.5 Å². The summed E-state index contributed by atoms with van der Waals surface area (Å²) in [6.45, 7) is 10.1. The van der Waals surface area contributed by atoms with Gasteiger partial charge in [0.15, 0.2) is 5.88 Å². The Hall–Kier alpha value is -0.660. The van der Waals surface area contributed by atoms with Crippen molar-refractivity contribution < 1.29 is 4.74 Å². The Morgan fingerprint density at radius 2 is 1.80 bits per heavy atom. The maximum atomic E-state index is 4.97. The Balaban J connectivity index is 4.08. The summed E-state index contributed by atoms with van der Waals surface area (Å²) < 4.78 is 4.97. The van der Waals surface area contributed by atoms with Crippen molar-refractivity contribution in [2.24, 2.45) is 0 Å². The zero-order valence-corrected chi connectivity index (χ0v) is 7.56. The summed E-state index contributed by atoms with van der Waals surface area (Å²) in [4.78, 5) is 1.99. The van der Waals surface area contributed by atoms with E-state index in [1.165, 1.54) is 0 Å². The molecule has 0 aromatic carbocycles. The Kier molecular flexibility index (Phi) is 2.76. The minimum atomic E-state index is 0.0904. The summed E-state index contributed by atoms with van der Waals surface area (Å²) in [5, 5.41) is 0. The van der Waals surface area contributed by atoms with Gasteiger partial charge in [-0.2, -0.15) is 0 Å². The number of ether oxygens (including phenoxy) is 1. The van der Waals surface area contributed by atoms with Gasteiger partial charge in [-0.15, -0.1) is 0 Å². The summed E-state index contributed by atoms with van der Waals surface area (Å²) in [7, 11) is 3.59. The first-order valence-electron chi connectivity index (χ1n) is 3.36. The molecule has 10 heavy (non-hydrogen) atoms. The second kappa shape index (κ2) is 2.95. The van der Waals surface area contributed by atoms with Gasteiger partial charge in [0.25, 0.3) is 0 Å². The second-order valence-electron chi connectivity index (χ2n) is 3.33. The van der Waals surface area contributed by atoms with Crippen molar-refractivity contribution >= 4 is 0 Å². The smallest absolute Gasteiger partial charge is 0.181 e. The van der Waals surface area contributed by atoms with Gasteiger partial charge in [0.2, 0.25) is 0 Å². The van der Waals surface area contributed by atoms with Gasteiger partial charge in [-0.3, -0.25) is 0 Å². The predicted molar refractivity (Wildman–Crippen MR) is 43.7 cm³/mol. The summed E-state index contributed by atoms with van der Waals surface area (Å²) in [5.74, 6) is 0.701. The molecule has 0 heterocycles. The van der Waals surface area contributed by atoms with Crippen LogP contribution in [0, 0.1) is 0 Å². The van der Waals surface area contributed by atoms with E-state index in [0.29, 0.717) is 5.88 Å². The average molecular weight is 143 g/mol. The highest BCUT2D eigenvalue weighted by molar-refractivity contribution is 4.88. The molecule has 0 unspecified atom stereocenters. The fourth-order valence-electron chi connectivity index (χ4n) is 0.511. The number of methoxy groups -OCH3 is 1. The largest absolute Gasteiger partial charge is 0.483 e. The van der Waals surface area contributed by atoms with Crippen LogP contribution in [0.15, 0.2) is 12.5 Å². The molecular weight excluding hydrogens is 126 g/mol. The van der Waals surface area contributed by atoms with Gasteiger partial charge in [-0.05, 0) is 27.4 Å². The molecule has 0 amide bonds. The fourth-order valence-corrected chi connectivity index (χ4v) is 0.511. The molecule has 0 fully saturated rings. The minimum absolute atomic E-state index is 0.0904. The molecule has 0 aliphatic rings. The van der Waals surface area contributed by atoms with Crippen LogP contribution in [0.25, 0.3) is 0 Å². The van der Waals surface area contributed by atoms with Crippen molar-refractivity contribution in [3.63, 3.8) is 0 Å². The molecule has 0 atom stereocenters. The van der Waals surface area contributed by atoms with Gasteiger partial charge in [-0.25, -0.2) is 0 Å². The molecule has 0 saturated heterocycles. The van der Waals surface area contributed by atoms with Crippen LogP contribution in [0.3, 0.4) is 0 Å². The fraction of sp³-hybridized carbons (Fsp3) is 0.750. The third kappa shape index (κ3) is 2.29. The summed E-state index contributed by atoms with van der Waals surface area (Å²) in [6, 6.07) is 0. The van der Waals surface area contributed by atoms with Gasteiger partial charge in [0.1, 0.15) is 0 Å². The van der Waals surface area contributed by atoms with E-state index in [1.54, 1.807) is 7.11 Å². The monoisotopic (exact) mass is 143 g/mol. The van der Waals surface area contributed by atoms with E-state index in [0.717, 1.165) is 0 Å². The number of hydrogen-bond acceptors (Lipinski definition) is 2. The van der Waals surface area contributed by atoms with E-state index >= 15 is 0 Å². The third-order valence-electron chi connectivity index (χ3n) is 1.62. The lowest BCUT2D eigenvalue weighted by molar-refractivity contribution is 0.107. The van der Waals surface area contributed by atoms with Crippen molar-refractivity contribution in [2.45, 2.75) is 26.3 Å². The van der Waals surface area contributed by atoms with Gasteiger partial charge in [-0.1, -0.05) is 0 Å². The summed E-state index contributed by atoms with van der Waals surface area (Å²) >= 11 is 0. The Bertz CT molecular complexity index is 124. The van der Waals surface area contributed by atoms with Crippen molar-refractivity contribution in [1.29, 1.82) is 0 Å². The first-order valence-corrected chi connectivity index (χ1v) is 3.36. The molecule has 0 bridgehead atoms. The van der Waals surface area contributed by atoms with Crippen LogP contribution in [0.5, 0.6) is 0 Å². The van der Waals surface area contributed by atoms with Crippen LogP contribution in [0.2, 0.25) is 0 Å². The molecule has 0 spiro atoms. The highest BCUT2D eigenvalue weighted by atomic mass is 16.5. The number of nitrogens with zero attached hydrogens (tertiary/aromatic N) is 1. The first kappa shape index (κ1) is 9.34. The molecule has 0 radical (unpaired) electrons. The molecule has 2 nitrogen and oxygen atoms in total. The quantitative estimate of drug-likeness (QED) is 0.547. The zero-order valence-electron chi connectivity index (χ0n) is 7.56. The van der Waals surface area contributed by atoms with Crippen LogP contribution >= 0.6 is 0 Å². The highest BCUT2D eigenvalue weighted by Gasteiger charge is 2.17. The normalized spacial score (nSPS) is 10.9. The molecule has 60 valence electrons. The molecule has 2 heteroatoms. The molecule has 0 rings (SSSR count). The molecule has 0 aromatic rings. The first-order chi connectivity index (χ1) is 4.39. The van der Waals surface area contributed by atoms with Crippen molar-refractivity contribution in [3.8, 4) is 0 Å². The molecule has 0 aliphatic heterocycles. The zero-order chi connectivity index (χ0) is 8.36. The molecular formula is C8H17NO. The lowest BCUT2D eigenvalue weighted by atomic mass is 10.1. The summed E-state index contributed by atoms with van der Waals surface area (Å²) in [5.41, 5.74) is 0.0904. The van der Waals surface area contributed by atoms with Crippen LogP contribution < -0.4 is 0 Å². The molecule has 0 saturated carbocycles. The lowest BCUT2D eigenvalue weighted by Crippen LogP contribution is -2.37. The van der Waals surface area contributed by atoms with Gasteiger partial charge < -0.3 is 9.64 Å². The lowest BCUT2D eigenvalue weighted by Gasteiger charge is -2.33. The van der Waals surface area contributed by atoms with Crippen molar-refractivity contribution in [1.82, 2.24) is 4.90 Å². The third-order valence-corrected chi connectivity index (χ3v) is 1.62. The molecule has 0 N–H and O–H groups in total. The van der Waals surface area contributed by atoms with Crippen LogP contribution in [0.4, 0.5) is 0 Å². The highest BCUT2D eigenvalue weighted by Crippen LogP contribution is 2.15. The van der Waals surface area contributed by atoms with E-state index in [2.05, 4.69) is 27.4 Å². The van der Waals surface area contributed by atoms with E-state index in [4.69, 9.17) is 4.74 Å². The Morgan fingerprint density at radius 3 is 1.90 bits per heavy atom. The SMILES string of the molecule is C=C(OC)N(C)C(C)(C)C. The summed E-state index contributed by atoms with van der Waals surface area (Å²) in [6.07, 6.45) is 0. The minimum Gasteiger partial charge on any atom is -0.483 e. The second-order valence-corrected chi connectivity index (χ2v) is 3.33. The van der Waals surface area contributed by atoms with Crippen LogP contribution in [-0.4, -0.2) is 24.6 Å². The van der Waals surface area contributed by atoms with Gasteiger partial charge in [0, 0.05) is 12.6 Å².